The van der Waals surface area contributed by atoms with Crippen LogP contribution in [-0.4, -0.2) is 40.5 Å². The zero-order chi connectivity index (χ0) is 26.0. The molecule has 9 nitrogen and oxygen atoms in total. The quantitative estimate of drug-likeness (QED) is 0.362. The molecule has 1 aliphatic heterocycles. The monoisotopic (exact) mass is 506 g/mol. The topological polar surface area (TPSA) is 107 Å². The molecule has 0 fully saturated rings. The van der Waals surface area contributed by atoms with E-state index in [0.717, 1.165) is 0 Å². The molecule has 1 atom stereocenters. The third kappa shape index (κ3) is 4.47. The van der Waals surface area contributed by atoms with Crippen molar-refractivity contribution in [2.45, 2.75) is 26.8 Å². The van der Waals surface area contributed by atoms with Crippen molar-refractivity contribution in [2.75, 3.05) is 20.2 Å². The summed E-state index contributed by atoms with van der Waals surface area (Å²) in [6, 6.07) is 12.6. The fourth-order valence-electron chi connectivity index (χ4n) is 4.31. The summed E-state index contributed by atoms with van der Waals surface area (Å²) in [4.78, 5) is 44.7. The van der Waals surface area contributed by atoms with Crippen LogP contribution in [0.2, 0.25) is 0 Å². The van der Waals surface area contributed by atoms with E-state index in [0.29, 0.717) is 50.6 Å². The highest BCUT2D eigenvalue weighted by Gasteiger charge is 2.35. The molecule has 36 heavy (non-hydrogen) atoms. The number of allylic oxidation sites excluding steroid dienone is 1. The highest BCUT2D eigenvalue weighted by Crippen LogP contribution is 2.36. The van der Waals surface area contributed by atoms with Crippen LogP contribution < -0.4 is 19.6 Å². The van der Waals surface area contributed by atoms with E-state index in [1.807, 2.05) is 32.0 Å². The number of amides is 1. The van der Waals surface area contributed by atoms with Gasteiger partial charge in [0.1, 0.15) is 11.8 Å². The third-order valence-electron chi connectivity index (χ3n) is 6.14. The smallest absolute Gasteiger partial charge is 0.271 e. The number of methoxy groups -OCH3 is 1. The maximum atomic E-state index is 13.7. The van der Waals surface area contributed by atoms with Gasteiger partial charge in [0.15, 0.2) is 4.80 Å². The van der Waals surface area contributed by atoms with Crippen molar-refractivity contribution in [1.29, 1.82) is 0 Å². The second-order valence-electron chi connectivity index (χ2n) is 8.15. The molecule has 0 unspecified atom stereocenters. The van der Waals surface area contributed by atoms with E-state index in [-0.39, 0.29) is 17.2 Å². The van der Waals surface area contributed by atoms with Crippen molar-refractivity contribution in [3.63, 3.8) is 0 Å². The number of likely N-dealkylation sites (N-methyl/N-ethyl adjacent to an activating group) is 1. The zero-order valence-corrected chi connectivity index (χ0v) is 21.2. The Morgan fingerprint density at radius 3 is 2.47 bits per heavy atom. The Labute approximate surface area is 211 Å². The number of para-hydroxylation sites is 1. The number of rotatable bonds is 7. The van der Waals surface area contributed by atoms with Crippen LogP contribution >= 0.6 is 11.3 Å². The first-order valence-corrected chi connectivity index (χ1v) is 12.3. The molecule has 4 rings (SSSR count). The van der Waals surface area contributed by atoms with Gasteiger partial charge < -0.3 is 9.64 Å². The minimum absolute atomic E-state index is 0.0278. The summed E-state index contributed by atoms with van der Waals surface area (Å²) in [5.41, 5.74) is 1.98. The van der Waals surface area contributed by atoms with E-state index >= 15 is 0 Å². The van der Waals surface area contributed by atoms with Gasteiger partial charge in [-0.05, 0) is 50.6 Å². The molecular formula is C26H26N4O5S. The number of nitrogens with zero attached hydrogens (tertiary/aromatic N) is 4. The molecule has 0 saturated carbocycles. The Morgan fingerprint density at radius 1 is 1.19 bits per heavy atom. The number of hydrogen-bond acceptors (Lipinski definition) is 7. The fourth-order valence-corrected chi connectivity index (χ4v) is 5.35. The van der Waals surface area contributed by atoms with Crippen LogP contribution in [0.4, 0.5) is 5.69 Å². The van der Waals surface area contributed by atoms with Crippen molar-refractivity contribution < 1.29 is 14.5 Å². The standard InChI is InChI=1S/C26H26N4O5S/c1-5-28(6-2)25(32)22-16(3)27-26-29(23(22)19-9-7-8-10-20(19)35-4)24(31)21(36-26)15-17-11-13-18(14-12-17)30(33)34/h7-15,23H,5-6H2,1-4H3/b21-15+/t23-/m0/s1. The first kappa shape index (κ1) is 25.1. The van der Waals surface area contributed by atoms with Gasteiger partial charge in [0.2, 0.25) is 0 Å². The SMILES string of the molecule is CCN(CC)C(=O)C1=C(C)N=c2s/c(=C/c3ccc([N+](=O)[O-])cc3)c(=O)n2[C@H]1c1ccccc1OC. The van der Waals surface area contributed by atoms with Crippen LogP contribution in [0.15, 0.2) is 69.6 Å². The fraction of sp³-hybridized carbons (Fsp3) is 0.269. The van der Waals surface area contributed by atoms with Gasteiger partial charge in [-0.25, -0.2) is 4.99 Å². The van der Waals surface area contributed by atoms with Gasteiger partial charge in [0, 0.05) is 30.8 Å². The molecule has 0 bridgehead atoms. The molecule has 0 radical (unpaired) electrons. The second-order valence-corrected chi connectivity index (χ2v) is 9.16. The van der Waals surface area contributed by atoms with Crippen molar-refractivity contribution in [2.24, 2.45) is 4.99 Å². The molecular weight excluding hydrogens is 480 g/mol. The Bertz CT molecular complexity index is 1530. The number of ether oxygens (including phenoxy) is 1. The van der Waals surface area contributed by atoms with Crippen molar-refractivity contribution in [3.05, 3.63) is 101 Å². The first-order chi connectivity index (χ1) is 17.3. The van der Waals surface area contributed by atoms with E-state index in [1.165, 1.54) is 23.5 Å². The van der Waals surface area contributed by atoms with Crippen LogP contribution in [0.25, 0.3) is 6.08 Å². The predicted octanol–water partition coefficient (Wildman–Crippen LogP) is 3.02. The van der Waals surface area contributed by atoms with Crippen LogP contribution in [0.5, 0.6) is 5.75 Å². The van der Waals surface area contributed by atoms with Gasteiger partial charge in [-0.15, -0.1) is 0 Å². The number of thiazole rings is 1. The molecule has 10 heteroatoms. The van der Waals surface area contributed by atoms with Crippen LogP contribution in [-0.2, 0) is 4.79 Å². The number of nitro benzene ring substituents is 1. The van der Waals surface area contributed by atoms with Gasteiger partial charge in [0.25, 0.3) is 17.2 Å². The van der Waals surface area contributed by atoms with Gasteiger partial charge >= 0.3 is 0 Å². The molecule has 0 aliphatic carbocycles. The molecule has 2 heterocycles. The number of fused-ring (bicyclic) bond motifs is 1. The lowest BCUT2D eigenvalue weighted by Crippen LogP contribution is -2.43. The average molecular weight is 507 g/mol. The molecule has 1 aliphatic rings. The maximum absolute atomic E-state index is 13.7. The highest BCUT2D eigenvalue weighted by molar-refractivity contribution is 7.07. The summed E-state index contributed by atoms with van der Waals surface area (Å²) >= 11 is 1.21. The second kappa shape index (κ2) is 10.3. The van der Waals surface area contributed by atoms with E-state index in [4.69, 9.17) is 4.74 Å². The van der Waals surface area contributed by atoms with Crippen LogP contribution in [0.3, 0.4) is 0 Å². The predicted molar refractivity (Wildman–Crippen MR) is 138 cm³/mol. The van der Waals surface area contributed by atoms with Gasteiger partial charge in [-0.2, -0.15) is 0 Å². The summed E-state index contributed by atoms with van der Waals surface area (Å²) in [5.74, 6) is 0.383. The average Bonchev–Trinajstić information content (AvgIpc) is 3.18. The normalized spacial score (nSPS) is 15.3. The number of carbonyl (C=O) groups is 1. The maximum Gasteiger partial charge on any atom is 0.271 e. The summed E-state index contributed by atoms with van der Waals surface area (Å²) in [5, 5.41) is 11.0. The van der Waals surface area contributed by atoms with E-state index in [1.54, 1.807) is 47.8 Å². The summed E-state index contributed by atoms with van der Waals surface area (Å²) in [7, 11) is 1.56. The minimum Gasteiger partial charge on any atom is -0.496 e. The van der Waals surface area contributed by atoms with E-state index < -0.39 is 11.0 Å². The zero-order valence-electron chi connectivity index (χ0n) is 20.4. The first-order valence-electron chi connectivity index (χ1n) is 11.5. The Balaban J connectivity index is 1.95. The molecule has 3 aromatic rings. The van der Waals surface area contributed by atoms with Crippen molar-refractivity contribution in [1.82, 2.24) is 9.47 Å². The van der Waals surface area contributed by atoms with Crippen LogP contribution in [0, 0.1) is 10.1 Å². The number of aromatic nitrogens is 1. The minimum atomic E-state index is -0.718. The summed E-state index contributed by atoms with van der Waals surface area (Å²) < 4.78 is 7.56. The highest BCUT2D eigenvalue weighted by atomic mass is 32.1. The van der Waals surface area contributed by atoms with E-state index in [2.05, 4.69) is 4.99 Å². The summed E-state index contributed by atoms with van der Waals surface area (Å²) in [6.07, 6.45) is 1.68. The number of nitro groups is 1. The lowest BCUT2D eigenvalue weighted by molar-refractivity contribution is -0.384. The Kier molecular flexibility index (Phi) is 7.16. The van der Waals surface area contributed by atoms with Crippen molar-refractivity contribution in [3.8, 4) is 5.75 Å². The number of carbonyl (C=O) groups excluding carboxylic acids is 1. The Hall–Kier alpha value is -4.05. The molecule has 186 valence electrons. The lowest BCUT2D eigenvalue weighted by atomic mass is 9.94. The molecule has 0 saturated heterocycles. The largest absolute Gasteiger partial charge is 0.496 e. The lowest BCUT2D eigenvalue weighted by Gasteiger charge is -2.29. The van der Waals surface area contributed by atoms with E-state index in [9.17, 15) is 19.7 Å². The van der Waals surface area contributed by atoms with Crippen molar-refractivity contribution >= 4 is 29.0 Å². The number of benzene rings is 2. The molecule has 0 spiro atoms. The number of hydrogen-bond donors (Lipinski definition) is 0. The number of non-ortho nitro benzene ring substituents is 1. The van der Waals surface area contributed by atoms with Gasteiger partial charge in [0.05, 0.1) is 27.8 Å². The van der Waals surface area contributed by atoms with Crippen LogP contribution in [0.1, 0.15) is 37.9 Å². The molecule has 2 aromatic carbocycles. The summed E-state index contributed by atoms with van der Waals surface area (Å²) in [6.45, 7) is 6.65. The Morgan fingerprint density at radius 2 is 1.86 bits per heavy atom. The van der Waals surface area contributed by atoms with Gasteiger partial charge in [-0.3, -0.25) is 24.3 Å². The molecule has 0 N–H and O–H groups in total. The third-order valence-corrected chi connectivity index (χ3v) is 7.12. The van der Waals surface area contributed by atoms with Gasteiger partial charge in [-0.1, -0.05) is 29.5 Å². The molecule has 1 amide bonds. The molecule has 1 aromatic heterocycles.